The van der Waals surface area contributed by atoms with Crippen molar-refractivity contribution in [2.24, 2.45) is 0 Å². The number of carbonyl (C=O) groups is 1. The number of nitrogens with one attached hydrogen (secondary N) is 2. The molecule has 2 aromatic rings. The highest BCUT2D eigenvalue weighted by molar-refractivity contribution is 7.10. The van der Waals surface area contributed by atoms with Crippen LogP contribution in [-0.2, 0) is 4.79 Å². The molecule has 1 aliphatic heterocycles. The van der Waals surface area contributed by atoms with E-state index in [-0.39, 0.29) is 24.4 Å². The molecule has 130 valence electrons. The lowest BCUT2D eigenvalue weighted by Gasteiger charge is -2.33. The standard InChI is InChI=1S/C18H23N3OS.ClH/c1-14-12-19-9-10-21(14)13-17(22)20-18(16-8-5-11-23-16)15-6-3-2-4-7-15;/h2-8,11,14,18-19H,9-10,12-13H2,1H3,(H,20,22);1H/t14-,18?;/m0./s1. The Hall–Kier alpha value is -1.40. The Morgan fingerprint density at radius 2 is 2.12 bits per heavy atom. The lowest BCUT2D eigenvalue weighted by molar-refractivity contribution is -0.123. The summed E-state index contributed by atoms with van der Waals surface area (Å²) in [6.07, 6.45) is 0. The van der Waals surface area contributed by atoms with Crippen molar-refractivity contribution in [2.75, 3.05) is 26.2 Å². The van der Waals surface area contributed by atoms with Crippen LogP contribution in [0.25, 0.3) is 0 Å². The lowest BCUT2D eigenvalue weighted by atomic mass is 10.1. The molecule has 1 unspecified atom stereocenters. The van der Waals surface area contributed by atoms with E-state index in [1.165, 1.54) is 0 Å². The van der Waals surface area contributed by atoms with Gasteiger partial charge in [0.05, 0.1) is 12.6 Å². The normalized spacial score (nSPS) is 19.3. The summed E-state index contributed by atoms with van der Waals surface area (Å²) in [5.41, 5.74) is 1.12. The first kappa shape index (κ1) is 18.9. The van der Waals surface area contributed by atoms with E-state index in [0.29, 0.717) is 12.6 Å². The minimum absolute atomic E-state index is 0. The van der Waals surface area contributed by atoms with Gasteiger partial charge in [0.2, 0.25) is 5.91 Å². The predicted octanol–water partition coefficient (Wildman–Crippen LogP) is 2.67. The first-order valence-corrected chi connectivity index (χ1v) is 8.94. The Labute approximate surface area is 153 Å². The van der Waals surface area contributed by atoms with Crippen molar-refractivity contribution in [3.63, 3.8) is 0 Å². The molecule has 1 aliphatic rings. The van der Waals surface area contributed by atoms with Crippen molar-refractivity contribution < 1.29 is 4.79 Å². The summed E-state index contributed by atoms with van der Waals surface area (Å²) in [7, 11) is 0. The number of rotatable bonds is 5. The fourth-order valence-electron chi connectivity index (χ4n) is 2.93. The summed E-state index contributed by atoms with van der Waals surface area (Å²) in [5, 5.41) is 8.62. The molecule has 0 aliphatic carbocycles. The SMILES string of the molecule is C[C@H]1CNCCN1CC(=O)NC(c1ccccc1)c1cccs1.Cl. The summed E-state index contributed by atoms with van der Waals surface area (Å²) < 4.78 is 0. The molecule has 0 saturated carbocycles. The van der Waals surface area contributed by atoms with E-state index in [4.69, 9.17) is 0 Å². The van der Waals surface area contributed by atoms with Crippen LogP contribution in [0, 0.1) is 0 Å². The molecule has 2 N–H and O–H groups in total. The second-order valence-corrected chi connectivity index (χ2v) is 6.93. The second-order valence-electron chi connectivity index (χ2n) is 5.95. The molecule has 0 radical (unpaired) electrons. The third-order valence-electron chi connectivity index (χ3n) is 4.25. The highest BCUT2D eigenvalue weighted by atomic mass is 35.5. The van der Waals surface area contributed by atoms with Gasteiger partial charge in [0.15, 0.2) is 0 Å². The molecular weight excluding hydrogens is 342 g/mol. The average Bonchev–Trinajstić information content (AvgIpc) is 3.10. The van der Waals surface area contributed by atoms with Gasteiger partial charge < -0.3 is 10.6 Å². The van der Waals surface area contributed by atoms with Crippen LogP contribution in [0.2, 0.25) is 0 Å². The van der Waals surface area contributed by atoms with Gasteiger partial charge in [-0.25, -0.2) is 0 Å². The van der Waals surface area contributed by atoms with Crippen molar-refractivity contribution in [3.05, 3.63) is 58.3 Å². The van der Waals surface area contributed by atoms with Crippen LogP contribution in [0.5, 0.6) is 0 Å². The Bertz CT molecular complexity index is 620. The molecule has 1 fully saturated rings. The van der Waals surface area contributed by atoms with E-state index in [1.54, 1.807) is 11.3 Å². The Morgan fingerprint density at radius 1 is 1.33 bits per heavy atom. The molecule has 4 nitrogen and oxygen atoms in total. The molecular formula is C18H24ClN3OS. The maximum Gasteiger partial charge on any atom is 0.234 e. The number of amides is 1. The molecule has 1 aromatic carbocycles. The lowest BCUT2D eigenvalue weighted by Crippen LogP contribution is -2.52. The summed E-state index contributed by atoms with van der Waals surface area (Å²) in [5.74, 6) is 0.0843. The summed E-state index contributed by atoms with van der Waals surface area (Å²) in [6, 6.07) is 14.6. The summed E-state index contributed by atoms with van der Waals surface area (Å²) in [4.78, 5) is 16.0. The summed E-state index contributed by atoms with van der Waals surface area (Å²) in [6.45, 7) is 5.43. The maximum atomic E-state index is 12.6. The topological polar surface area (TPSA) is 44.4 Å². The van der Waals surface area contributed by atoms with E-state index in [2.05, 4.69) is 46.0 Å². The smallest absolute Gasteiger partial charge is 0.234 e. The molecule has 2 atom stereocenters. The minimum atomic E-state index is -0.0677. The first-order chi connectivity index (χ1) is 11.2. The molecule has 1 saturated heterocycles. The van der Waals surface area contributed by atoms with Crippen molar-refractivity contribution in [1.82, 2.24) is 15.5 Å². The van der Waals surface area contributed by atoms with E-state index in [1.807, 2.05) is 24.3 Å². The monoisotopic (exact) mass is 365 g/mol. The first-order valence-electron chi connectivity index (χ1n) is 8.06. The number of hydrogen-bond acceptors (Lipinski definition) is 4. The van der Waals surface area contributed by atoms with Crippen LogP contribution in [0.4, 0.5) is 0 Å². The third kappa shape index (κ3) is 4.80. The number of nitrogens with zero attached hydrogens (tertiary/aromatic N) is 1. The number of halogens is 1. The highest BCUT2D eigenvalue weighted by Crippen LogP contribution is 2.25. The Kier molecular flexibility index (Phi) is 7.24. The van der Waals surface area contributed by atoms with Crippen LogP contribution in [-0.4, -0.2) is 43.0 Å². The van der Waals surface area contributed by atoms with Crippen molar-refractivity contribution in [3.8, 4) is 0 Å². The van der Waals surface area contributed by atoms with Crippen molar-refractivity contribution >= 4 is 29.7 Å². The van der Waals surface area contributed by atoms with Crippen LogP contribution >= 0.6 is 23.7 Å². The van der Waals surface area contributed by atoms with Crippen LogP contribution in [0.3, 0.4) is 0 Å². The zero-order valence-electron chi connectivity index (χ0n) is 13.8. The molecule has 2 heterocycles. The highest BCUT2D eigenvalue weighted by Gasteiger charge is 2.23. The van der Waals surface area contributed by atoms with Crippen LogP contribution in [0.15, 0.2) is 47.8 Å². The molecule has 1 aromatic heterocycles. The zero-order valence-corrected chi connectivity index (χ0v) is 15.4. The number of piperazine rings is 1. The number of hydrogen-bond donors (Lipinski definition) is 2. The molecule has 3 rings (SSSR count). The van der Waals surface area contributed by atoms with Crippen LogP contribution in [0.1, 0.15) is 23.4 Å². The van der Waals surface area contributed by atoms with Gasteiger partial charge in [-0.1, -0.05) is 36.4 Å². The fourth-order valence-corrected chi connectivity index (χ4v) is 3.73. The maximum absolute atomic E-state index is 12.6. The van der Waals surface area contributed by atoms with Gasteiger partial charge in [-0.15, -0.1) is 23.7 Å². The van der Waals surface area contributed by atoms with E-state index >= 15 is 0 Å². The van der Waals surface area contributed by atoms with Gasteiger partial charge in [-0.3, -0.25) is 9.69 Å². The van der Waals surface area contributed by atoms with Crippen molar-refractivity contribution in [2.45, 2.75) is 19.0 Å². The van der Waals surface area contributed by atoms with Gasteiger partial charge in [-0.2, -0.15) is 0 Å². The predicted molar refractivity (Wildman–Crippen MR) is 102 cm³/mol. The van der Waals surface area contributed by atoms with Crippen molar-refractivity contribution in [1.29, 1.82) is 0 Å². The average molecular weight is 366 g/mol. The molecule has 6 heteroatoms. The molecule has 24 heavy (non-hydrogen) atoms. The largest absolute Gasteiger partial charge is 0.343 e. The number of benzene rings is 1. The fraction of sp³-hybridized carbons (Fsp3) is 0.389. The number of carbonyl (C=O) groups excluding carboxylic acids is 1. The summed E-state index contributed by atoms with van der Waals surface area (Å²) >= 11 is 1.68. The van der Waals surface area contributed by atoms with Gasteiger partial charge >= 0.3 is 0 Å². The minimum Gasteiger partial charge on any atom is -0.343 e. The quantitative estimate of drug-likeness (QED) is 0.856. The van der Waals surface area contributed by atoms with E-state index in [0.717, 1.165) is 30.1 Å². The zero-order chi connectivity index (χ0) is 16.1. The van der Waals surface area contributed by atoms with Gasteiger partial charge in [0.1, 0.15) is 0 Å². The molecule has 1 amide bonds. The van der Waals surface area contributed by atoms with E-state index < -0.39 is 0 Å². The van der Waals surface area contributed by atoms with Crippen LogP contribution < -0.4 is 10.6 Å². The van der Waals surface area contributed by atoms with Gasteiger partial charge in [0, 0.05) is 30.6 Å². The second kappa shape index (κ2) is 9.18. The Balaban J connectivity index is 0.00000208. The molecule has 0 spiro atoms. The number of thiophene rings is 1. The van der Waals surface area contributed by atoms with Gasteiger partial charge in [0.25, 0.3) is 0 Å². The van der Waals surface area contributed by atoms with Gasteiger partial charge in [-0.05, 0) is 23.9 Å². The van der Waals surface area contributed by atoms with E-state index in [9.17, 15) is 4.79 Å². The molecule has 0 bridgehead atoms. The Morgan fingerprint density at radius 3 is 2.79 bits per heavy atom. The third-order valence-corrected chi connectivity index (χ3v) is 5.19.